The first-order valence-corrected chi connectivity index (χ1v) is 4.91. The van der Waals surface area contributed by atoms with E-state index in [0.717, 1.165) is 24.0 Å². The fourth-order valence-electron chi connectivity index (χ4n) is 1.60. The van der Waals surface area contributed by atoms with E-state index in [1.807, 2.05) is 24.3 Å². The summed E-state index contributed by atoms with van der Waals surface area (Å²) < 4.78 is 0. The van der Waals surface area contributed by atoms with Gasteiger partial charge in [-0.05, 0) is 31.4 Å². The number of ketones is 1. The van der Waals surface area contributed by atoms with Crippen LogP contribution in [0.2, 0.25) is 0 Å². The largest absolute Gasteiger partial charge is 0.390 e. The maximum Gasteiger partial charge on any atom is 0.159 e. The van der Waals surface area contributed by atoms with Crippen molar-refractivity contribution >= 4 is 5.78 Å². The zero-order valence-electron chi connectivity index (χ0n) is 8.29. The normalized spacial score (nSPS) is 17.9. The molecule has 1 N–H and O–H groups in total. The summed E-state index contributed by atoms with van der Waals surface area (Å²) >= 11 is 0. The molecule has 1 aromatic carbocycles. The molecule has 0 aliphatic heterocycles. The van der Waals surface area contributed by atoms with Gasteiger partial charge < -0.3 is 5.11 Å². The molecule has 1 saturated carbocycles. The highest BCUT2D eigenvalue weighted by atomic mass is 16.3. The summed E-state index contributed by atoms with van der Waals surface area (Å²) in [5.74, 6) is 0.0784. The van der Waals surface area contributed by atoms with Crippen LogP contribution in [0, 0.1) is 0 Å². The maximum absolute atomic E-state index is 11.1. The third kappa shape index (κ3) is 2.02. The molecule has 1 aliphatic rings. The lowest BCUT2D eigenvalue weighted by molar-refractivity contribution is 0.101. The molecule has 0 bridgehead atoms. The molecule has 0 radical (unpaired) electrons. The van der Waals surface area contributed by atoms with Gasteiger partial charge in [0.25, 0.3) is 0 Å². The predicted molar refractivity (Wildman–Crippen MR) is 54.3 cm³/mol. The van der Waals surface area contributed by atoms with Crippen molar-refractivity contribution in [3.63, 3.8) is 0 Å². The summed E-state index contributed by atoms with van der Waals surface area (Å²) in [7, 11) is 0. The Morgan fingerprint density at radius 2 is 2.21 bits per heavy atom. The van der Waals surface area contributed by atoms with Crippen LogP contribution in [0.4, 0.5) is 0 Å². The van der Waals surface area contributed by atoms with Crippen LogP contribution in [0.25, 0.3) is 0 Å². The van der Waals surface area contributed by atoms with Crippen molar-refractivity contribution in [1.82, 2.24) is 0 Å². The Balaban J connectivity index is 2.17. The van der Waals surface area contributed by atoms with Crippen molar-refractivity contribution in [2.75, 3.05) is 0 Å². The van der Waals surface area contributed by atoms with Gasteiger partial charge in [-0.2, -0.15) is 0 Å². The van der Waals surface area contributed by atoms with Crippen molar-refractivity contribution in [2.45, 2.75) is 31.8 Å². The van der Waals surface area contributed by atoms with E-state index < -0.39 is 5.60 Å². The summed E-state index contributed by atoms with van der Waals surface area (Å²) in [6, 6.07) is 7.52. The van der Waals surface area contributed by atoms with Crippen molar-refractivity contribution in [2.24, 2.45) is 0 Å². The SMILES string of the molecule is CC(=O)c1cccc(CC2(O)CC2)c1. The van der Waals surface area contributed by atoms with Crippen LogP contribution in [0.1, 0.15) is 35.7 Å². The molecule has 1 aromatic rings. The van der Waals surface area contributed by atoms with E-state index in [-0.39, 0.29) is 5.78 Å². The molecule has 2 rings (SSSR count). The number of carbonyl (C=O) groups excluding carboxylic acids is 1. The number of carbonyl (C=O) groups is 1. The second-order valence-corrected chi connectivity index (χ2v) is 4.16. The van der Waals surface area contributed by atoms with E-state index >= 15 is 0 Å². The summed E-state index contributed by atoms with van der Waals surface area (Å²) in [5.41, 5.74) is 1.31. The smallest absolute Gasteiger partial charge is 0.159 e. The molecule has 1 fully saturated rings. The Bertz CT molecular complexity index is 364. The Morgan fingerprint density at radius 3 is 2.79 bits per heavy atom. The second kappa shape index (κ2) is 3.21. The minimum Gasteiger partial charge on any atom is -0.390 e. The zero-order valence-corrected chi connectivity index (χ0v) is 8.29. The third-order valence-corrected chi connectivity index (χ3v) is 2.69. The molecular weight excluding hydrogens is 176 g/mol. The van der Waals surface area contributed by atoms with Crippen LogP contribution in [0.15, 0.2) is 24.3 Å². The number of hydrogen-bond acceptors (Lipinski definition) is 2. The summed E-state index contributed by atoms with van der Waals surface area (Å²) in [6.45, 7) is 1.56. The summed E-state index contributed by atoms with van der Waals surface area (Å²) in [5, 5.41) is 9.73. The Morgan fingerprint density at radius 1 is 1.50 bits per heavy atom. The molecular formula is C12H14O2. The van der Waals surface area contributed by atoms with Gasteiger partial charge in [0, 0.05) is 12.0 Å². The van der Waals surface area contributed by atoms with Crippen LogP contribution in [-0.4, -0.2) is 16.5 Å². The number of benzene rings is 1. The van der Waals surface area contributed by atoms with Crippen molar-refractivity contribution in [3.8, 4) is 0 Å². The van der Waals surface area contributed by atoms with Gasteiger partial charge in [-0.25, -0.2) is 0 Å². The topological polar surface area (TPSA) is 37.3 Å². The summed E-state index contributed by atoms with van der Waals surface area (Å²) in [6.07, 6.45) is 2.45. The predicted octanol–water partition coefficient (Wildman–Crippen LogP) is 1.96. The number of aliphatic hydroxyl groups is 1. The molecule has 0 saturated heterocycles. The van der Waals surface area contributed by atoms with Crippen LogP contribution < -0.4 is 0 Å². The molecule has 0 heterocycles. The fourth-order valence-corrected chi connectivity index (χ4v) is 1.60. The molecule has 74 valence electrons. The molecule has 0 amide bonds. The summed E-state index contributed by atoms with van der Waals surface area (Å²) in [4.78, 5) is 11.1. The highest BCUT2D eigenvalue weighted by molar-refractivity contribution is 5.94. The maximum atomic E-state index is 11.1. The van der Waals surface area contributed by atoms with Crippen molar-refractivity contribution < 1.29 is 9.90 Å². The standard InChI is InChI=1S/C12H14O2/c1-9(13)11-4-2-3-10(7-11)8-12(14)5-6-12/h2-4,7,14H,5-6,8H2,1H3. The van der Waals surface area contributed by atoms with Crippen LogP contribution in [0.5, 0.6) is 0 Å². The van der Waals surface area contributed by atoms with E-state index in [9.17, 15) is 9.90 Å². The van der Waals surface area contributed by atoms with E-state index in [4.69, 9.17) is 0 Å². The molecule has 0 spiro atoms. The highest BCUT2D eigenvalue weighted by Gasteiger charge is 2.40. The first-order chi connectivity index (χ1) is 6.59. The number of Topliss-reactive ketones (excluding diaryl/α,β-unsaturated/α-hetero) is 1. The number of rotatable bonds is 3. The molecule has 0 unspecified atom stereocenters. The van der Waals surface area contributed by atoms with Gasteiger partial charge in [0.1, 0.15) is 0 Å². The molecule has 2 heteroatoms. The molecule has 14 heavy (non-hydrogen) atoms. The number of hydrogen-bond donors (Lipinski definition) is 1. The van der Waals surface area contributed by atoms with Crippen molar-refractivity contribution in [3.05, 3.63) is 35.4 Å². The monoisotopic (exact) mass is 190 g/mol. The second-order valence-electron chi connectivity index (χ2n) is 4.16. The van der Waals surface area contributed by atoms with Crippen LogP contribution in [0.3, 0.4) is 0 Å². The van der Waals surface area contributed by atoms with Gasteiger partial charge in [-0.15, -0.1) is 0 Å². The molecule has 0 atom stereocenters. The Hall–Kier alpha value is -1.15. The van der Waals surface area contributed by atoms with Crippen molar-refractivity contribution in [1.29, 1.82) is 0 Å². The van der Waals surface area contributed by atoms with E-state index in [2.05, 4.69) is 0 Å². The minimum absolute atomic E-state index is 0.0784. The highest BCUT2D eigenvalue weighted by Crippen LogP contribution is 2.38. The molecule has 1 aliphatic carbocycles. The van der Waals surface area contributed by atoms with E-state index in [0.29, 0.717) is 6.42 Å². The van der Waals surface area contributed by atoms with Crippen LogP contribution >= 0.6 is 0 Å². The Kier molecular flexibility index (Phi) is 2.16. The lowest BCUT2D eigenvalue weighted by atomic mass is 10.0. The van der Waals surface area contributed by atoms with Gasteiger partial charge in [0.05, 0.1) is 5.60 Å². The van der Waals surface area contributed by atoms with E-state index in [1.165, 1.54) is 0 Å². The Labute approximate surface area is 83.6 Å². The quantitative estimate of drug-likeness (QED) is 0.740. The lowest BCUT2D eigenvalue weighted by Crippen LogP contribution is -2.10. The average molecular weight is 190 g/mol. The average Bonchev–Trinajstić information content (AvgIpc) is 2.83. The van der Waals surface area contributed by atoms with Gasteiger partial charge >= 0.3 is 0 Å². The first kappa shape index (κ1) is 9.41. The van der Waals surface area contributed by atoms with Crippen LogP contribution in [-0.2, 0) is 6.42 Å². The van der Waals surface area contributed by atoms with Gasteiger partial charge in [-0.1, -0.05) is 18.2 Å². The molecule has 2 nitrogen and oxygen atoms in total. The van der Waals surface area contributed by atoms with E-state index in [1.54, 1.807) is 6.92 Å². The van der Waals surface area contributed by atoms with Gasteiger partial charge in [-0.3, -0.25) is 4.79 Å². The minimum atomic E-state index is -0.477. The third-order valence-electron chi connectivity index (χ3n) is 2.69. The molecule has 0 aromatic heterocycles. The van der Waals surface area contributed by atoms with Gasteiger partial charge in [0.2, 0.25) is 0 Å². The first-order valence-electron chi connectivity index (χ1n) is 4.91. The van der Waals surface area contributed by atoms with Gasteiger partial charge in [0.15, 0.2) is 5.78 Å². The zero-order chi connectivity index (χ0) is 10.2. The fraction of sp³-hybridized carbons (Fsp3) is 0.417. The lowest BCUT2D eigenvalue weighted by Gasteiger charge is -2.07.